The van der Waals surface area contributed by atoms with Gasteiger partial charge in [-0.2, -0.15) is 0 Å². The van der Waals surface area contributed by atoms with E-state index < -0.39 is 0 Å². The molecule has 0 bridgehead atoms. The zero-order valence-corrected chi connectivity index (χ0v) is 11.1. The lowest BCUT2D eigenvalue weighted by molar-refractivity contribution is 0.255. The van der Waals surface area contributed by atoms with Gasteiger partial charge in [-0.3, -0.25) is 4.90 Å². The molecule has 1 aromatic rings. The monoisotopic (exact) mass is 282 g/mol. The molecular formula is C13H19BrN2. The Morgan fingerprint density at radius 3 is 3.06 bits per heavy atom. The fourth-order valence-corrected chi connectivity index (χ4v) is 2.90. The lowest BCUT2D eigenvalue weighted by Gasteiger charge is -2.24. The van der Waals surface area contributed by atoms with Crippen molar-refractivity contribution in [2.75, 3.05) is 19.6 Å². The van der Waals surface area contributed by atoms with Crippen LogP contribution in [0.1, 0.15) is 30.9 Å². The Bertz CT molecular complexity index is 340. The Labute approximate surface area is 106 Å². The van der Waals surface area contributed by atoms with E-state index in [2.05, 4.69) is 45.1 Å². The summed E-state index contributed by atoms with van der Waals surface area (Å²) in [7, 11) is 0. The van der Waals surface area contributed by atoms with E-state index in [4.69, 9.17) is 5.73 Å². The standard InChI is InChI=1S/C13H19BrN2/c14-12-5-1-4-11(10-12)13-6-2-8-16(13)9-3-7-15/h1,4-5,10,13H,2-3,6-9,15H2. The third-order valence-electron chi connectivity index (χ3n) is 3.25. The first-order valence-corrected chi connectivity index (χ1v) is 6.80. The molecule has 16 heavy (non-hydrogen) atoms. The average molecular weight is 283 g/mol. The molecule has 1 fully saturated rings. The van der Waals surface area contributed by atoms with Crippen molar-refractivity contribution in [1.29, 1.82) is 0 Å². The SMILES string of the molecule is NCCCN1CCCC1c1cccc(Br)c1. The molecule has 0 amide bonds. The van der Waals surface area contributed by atoms with Crippen molar-refractivity contribution in [3.05, 3.63) is 34.3 Å². The van der Waals surface area contributed by atoms with E-state index in [0.29, 0.717) is 6.04 Å². The topological polar surface area (TPSA) is 29.3 Å². The highest BCUT2D eigenvalue weighted by atomic mass is 79.9. The van der Waals surface area contributed by atoms with Gasteiger partial charge in [0.1, 0.15) is 0 Å². The molecule has 0 aromatic heterocycles. The number of hydrogen-bond donors (Lipinski definition) is 1. The van der Waals surface area contributed by atoms with Crippen LogP contribution in [0.25, 0.3) is 0 Å². The van der Waals surface area contributed by atoms with E-state index in [1.54, 1.807) is 0 Å². The number of rotatable bonds is 4. The van der Waals surface area contributed by atoms with Gasteiger partial charge >= 0.3 is 0 Å². The minimum atomic E-state index is 0.601. The number of nitrogens with two attached hydrogens (primary N) is 1. The van der Waals surface area contributed by atoms with Gasteiger partial charge in [-0.25, -0.2) is 0 Å². The van der Waals surface area contributed by atoms with Crippen molar-refractivity contribution >= 4 is 15.9 Å². The van der Waals surface area contributed by atoms with E-state index in [1.807, 2.05) is 0 Å². The highest BCUT2D eigenvalue weighted by Crippen LogP contribution is 2.32. The highest BCUT2D eigenvalue weighted by Gasteiger charge is 2.25. The maximum absolute atomic E-state index is 5.58. The number of benzene rings is 1. The maximum atomic E-state index is 5.58. The van der Waals surface area contributed by atoms with Crippen LogP contribution in [-0.2, 0) is 0 Å². The van der Waals surface area contributed by atoms with Gasteiger partial charge < -0.3 is 5.73 Å². The van der Waals surface area contributed by atoms with Gasteiger partial charge in [0.2, 0.25) is 0 Å². The van der Waals surface area contributed by atoms with Crippen LogP contribution in [0.5, 0.6) is 0 Å². The molecule has 1 aliphatic heterocycles. The molecule has 1 heterocycles. The summed E-state index contributed by atoms with van der Waals surface area (Å²) in [6.45, 7) is 3.15. The third kappa shape index (κ3) is 2.84. The van der Waals surface area contributed by atoms with Crippen LogP contribution in [0.3, 0.4) is 0 Å². The van der Waals surface area contributed by atoms with Gasteiger partial charge in [0.25, 0.3) is 0 Å². The first-order valence-electron chi connectivity index (χ1n) is 6.01. The minimum absolute atomic E-state index is 0.601. The number of likely N-dealkylation sites (tertiary alicyclic amines) is 1. The van der Waals surface area contributed by atoms with Crippen LogP contribution >= 0.6 is 15.9 Å². The summed E-state index contributed by atoms with van der Waals surface area (Å²) < 4.78 is 1.18. The van der Waals surface area contributed by atoms with E-state index >= 15 is 0 Å². The van der Waals surface area contributed by atoms with E-state index in [-0.39, 0.29) is 0 Å². The number of nitrogens with zero attached hydrogens (tertiary/aromatic N) is 1. The first-order chi connectivity index (χ1) is 7.81. The normalized spacial score (nSPS) is 21.5. The molecule has 88 valence electrons. The van der Waals surface area contributed by atoms with Crippen LogP contribution in [0.15, 0.2) is 28.7 Å². The Morgan fingerprint density at radius 2 is 2.31 bits per heavy atom. The van der Waals surface area contributed by atoms with E-state index in [1.165, 1.54) is 29.4 Å². The molecule has 2 N–H and O–H groups in total. The lowest BCUT2D eigenvalue weighted by atomic mass is 10.0. The minimum Gasteiger partial charge on any atom is -0.330 e. The summed E-state index contributed by atoms with van der Waals surface area (Å²) in [5.74, 6) is 0. The van der Waals surface area contributed by atoms with Gasteiger partial charge in [-0.1, -0.05) is 28.1 Å². The highest BCUT2D eigenvalue weighted by molar-refractivity contribution is 9.10. The molecule has 1 aromatic carbocycles. The van der Waals surface area contributed by atoms with Crippen LogP contribution in [0.2, 0.25) is 0 Å². The fourth-order valence-electron chi connectivity index (χ4n) is 2.48. The maximum Gasteiger partial charge on any atom is 0.0349 e. The molecule has 0 spiro atoms. The smallest absolute Gasteiger partial charge is 0.0349 e. The molecular weight excluding hydrogens is 264 g/mol. The second-order valence-electron chi connectivity index (χ2n) is 4.39. The zero-order valence-electron chi connectivity index (χ0n) is 9.53. The quantitative estimate of drug-likeness (QED) is 0.920. The Kier molecular flexibility index (Phi) is 4.38. The number of hydrogen-bond acceptors (Lipinski definition) is 2. The van der Waals surface area contributed by atoms with Gasteiger partial charge in [-0.15, -0.1) is 0 Å². The van der Waals surface area contributed by atoms with Crippen molar-refractivity contribution in [3.63, 3.8) is 0 Å². The average Bonchev–Trinajstić information content (AvgIpc) is 2.74. The summed E-state index contributed by atoms with van der Waals surface area (Å²) in [6, 6.07) is 9.28. The van der Waals surface area contributed by atoms with Gasteiger partial charge in [0.05, 0.1) is 0 Å². The fraction of sp³-hybridized carbons (Fsp3) is 0.538. The molecule has 1 aliphatic rings. The van der Waals surface area contributed by atoms with Gasteiger partial charge in [0.15, 0.2) is 0 Å². The molecule has 2 rings (SSSR count). The van der Waals surface area contributed by atoms with E-state index in [9.17, 15) is 0 Å². The van der Waals surface area contributed by atoms with Crippen molar-refractivity contribution < 1.29 is 0 Å². The largest absolute Gasteiger partial charge is 0.330 e. The van der Waals surface area contributed by atoms with Crippen LogP contribution in [0.4, 0.5) is 0 Å². The zero-order chi connectivity index (χ0) is 11.4. The summed E-state index contributed by atoms with van der Waals surface area (Å²) in [5.41, 5.74) is 7.01. The molecule has 1 saturated heterocycles. The predicted molar refractivity (Wildman–Crippen MR) is 71.4 cm³/mol. The van der Waals surface area contributed by atoms with Crippen molar-refractivity contribution in [2.45, 2.75) is 25.3 Å². The summed E-state index contributed by atoms with van der Waals surface area (Å²) >= 11 is 3.54. The van der Waals surface area contributed by atoms with Crippen LogP contribution in [0, 0.1) is 0 Å². The van der Waals surface area contributed by atoms with Crippen molar-refractivity contribution in [2.24, 2.45) is 5.73 Å². The summed E-state index contributed by atoms with van der Waals surface area (Å²) in [6.07, 6.45) is 3.69. The number of halogens is 1. The molecule has 3 heteroatoms. The second-order valence-corrected chi connectivity index (χ2v) is 5.31. The molecule has 1 unspecified atom stereocenters. The molecule has 0 radical (unpaired) electrons. The Hall–Kier alpha value is -0.380. The lowest BCUT2D eigenvalue weighted by Crippen LogP contribution is -2.25. The van der Waals surface area contributed by atoms with E-state index in [0.717, 1.165) is 19.5 Å². The third-order valence-corrected chi connectivity index (χ3v) is 3.74. The summed E-state index contributed by atoms with van der Waals surface area (Å²) in [5, 5.41) is 0. The van der Waals surface area contributed by atoms with Gasteiger partial charge in [-0.05, 0) is 56.6 Å². The van der Waals surface area contributed by atoms with Crippen molar-refractivity contribution in [1.82, 2.24) is 4.90 Å². The molecule has 2 nitrogen and oxygen atoms in total. The van der Waals surface area contributed by atoms with Crippen LogP contribution in [-0.4, -0.2) is 24.5 Å². The Morgan fingerprint density at radius 1 is 1.44 bits per heavy atom. The molecule has 0 saturated carbocycles. The summed E-state index contributed by atoms with van der Waals surface area (Å²) in [4.78, 5) is 2.56. The van der Waals surface area contributed by atoms with Crippen LogP contribution < -0.4 is 5.73 Å². The first kappa shape index (κ1) is 12.1. The predicted octanol–water partition coefficient (Wildman–Crippen LogP) is 2.93. The van der Waals surface area contributed by atoms with Crippen molar-refractivity contribution in [3.8, 4) is 0 Å². The molecule has 1 atom stereocenters. The van der Waals surface area contributed by atoms with Gasteiger partial charge in [0, 0.05) is 10.5 Å². The molecule has 0 aliphatic carbocycles. The second kappa shape index (κ2) is 5.80. The Balaban J connectivity index is 2.07.